The Morgan fingerprint density at radius 3 is 2.80 bits per heavy atom. The summed E-state index contributed by atoms with van der Waals surface area (Å²) in [6.45, 7) is 5.91. The molecule has 1 aromatic rings. The Kier molecular flexibility index (Phi) is 4.28. The zero-order valence-electron chi connectivity index (χ0n) is 12.1. The highest BCUT2D eigenvalue weighted by atomic mass is 19.1. The smallest absolute Gasteiger partial charge is 0.217 e. The van der Waals surface area contributed by atoms with Gasteiger partial charge in [-0.25, -0.2) is 4.39 Å². The van der Waals surface area contributed by atoms with E-state index in [4.69, 9.17) is 10.5 Å². The highest BCUT2D eigenvalue weighted by Crippen LogP contribution is 2.39. The van der Waals surface area contributed by atoms with Gasteiger partial charge in [0, 0.05) is 30.5 Å². The minimum absolute atomic E-state index is 0.137. The summed E-state index contributed by atoms with van der Waals surface area (Å²) in [5.74, 6) is 0.306. The second kappa shape index (κ2) is 5.79. The molecule has 0 bridgehead atoms. The van der Waals surface area contributed by atoms with Crippen molar-refractivity contribution in [2.75, 3.05) is 6.61 Å². The van der Waals surface area contributed by atoms with Crippen molar-refractivity contribution in [1.29, 1.82) is 0 Å². The Morgan fingerprint density at radius 2 is 2.20 bits per heavy atom. The van der Waals surface area contributed by atoms with Gasteiger partial charge in [0.25, 0.3) is 0 Å². The number of fused-ring (bicyclic) bond motifs is 1. The molecule has 110 valence electrons. The molecule has 0 saturated carbocycles. The van der Waals surface area contributed by atoms with Crippen LogP contribution in [0, 0.1) is 11.7 Å². The van der Waals surface area contributed by atoms with Crippen LogP contribution in [0.2, 0.25) is 0 Å². The molecular weight excluding hydrogens is 259 g/mol. The van der Waals surface area contributed by atoms with Crippen LogP contribution in [0.15, 0.2) is 12.1 Å². The molecule has 4 nitrogen and oxygen atoms in total. The average Bonchev–Trinajstić information content (AvgIpc) is 2.37. The van der Waals surface area contributed by atoms with E-state index in [0.717, 1.165) is 0 Å². The summed E-state index contributed by atoms with van der Waals surface area (Å²) in [5.41, 5.74) is 7.49. The molecule has 2 rings (SSSR count). The second-order valence-corrected chi connectivity index (χ2v) is 5.57. The first-order valence-corrected chi connectivity index (χ1v) is 6.89. The molecule has 0 fully saturated rings. The molecule has 1 heterocycles. The van der Waals surface area contributed by atoms with Crippen LogP contribution in [0.3, 0.4) is 0 Å². The number of ether oxygens (including phenoxy) is 1. The van der Waals surface area contributed by atoms with Crippen molar-refractivity contribution in [3.8, 4) is 5.75 Å². The Morgan fingerprint density at radius 1 is 1.50 bits per heavy atom. The lowest BCUT2D eigenvalue weighted by molar-refractivity contribution is -0.119. The van der Waals surface area contributed by atoms with Gasteiger partial charge in [-0.2, -0.15) is 0 Å². The van der Waals surface area contributed by atoms with Crippen LogP contribution in [0.4, 0.5) is 4.39 Å². The average molecular weight is 280 g/mol. The molecule has 1 aliphatic rings. The SMILES string of the molecule is CC(=O)NC1CCOc2c1cc(F)cc2C(N)C(C)C. The van der Waals surface area contributed by atoms with Gasteiger partial charge in [-0.1, -0.05) is 13.8 Å². The summed E-state index contributed by atoms with van der Waals surface area (Å²) in [4.78, 5) is 11.3. The van der Waals surface area contributed by atoms with E-state index in [1.165, 1.54) is 19.1 Å². The molecule has 3 N–H and O–H groups in total. The summed E-state index contributed by atoms with van der Waals surface area (Å²) in [6, 6.07) is 2.34. The highest BCUT2D eigenvalue weighted by molar-refractivity contribution is 5.73. The molecule has 20 heavy (non-hydrogen) atoms. The second-order valence-electron chi connectivity index (χ2n) is 5.57. The molecule has 1 aliphatic heterocycles. The van der Waals surface area contributed by atoms with Crippen molar-refractivity contribution in [3.05, 3.63) is 29.1 Å². The molecule has 0 aliphatic carbocycles. The fraction of sp³-hybridized carbons (Fsp3) is 0.533. The number of nitrogens with two attached hydrogens (primary N) is 1. The fourth-order valence-corrected chi connectivity index (χ4v) is 2.50. The molecule has 5 heteroatoms. The predicted octanol–water partition coefficient (Wildman–Crippen LogP) is 2.44. The number of benzene rings is 1. The van der Waals surface area contributed by atoms with Crippen molar-refractivity contribution in [3.63, 3.8) is 0 Å². The van der Waals surface area contributed by atoms with E-state index >= 15 is 0 Å². The van der Waals surface area contributed by atoms with Crippen LogP contribution in [0.5, 0.6) is 5.75 Å². The molecule has 0 spiro atoms. The summed E-state index contributed by atoms with van der Waals surface area (Å²) >= 11 is 0. The molecule has 2 unspecified atom stereocenters. The largest absolute Gasteiger partial charge is 0.493 e. The van der Waals surface area contributed by atoms with E-state index in [2.05, 4.69) is 5.32 Å². The van der Waals surface area contributed by atoms with Gasteiger partial charge in [-0.3, -0.25) is 4.79 Å². The molecule has 0 aromatic heterocycles. The topological polar surface area (TPSA) is 64.3 Å². The van der Waals surface area contributed by atoms with Gasteiger partial charge in [-0.05, 0) is 18.1 Å². The first kappa shape index (κ1) is 14.8. The lowest BCUT2D eigenvalue weighted by Gasteiger charge is -2.30. The van der Waals surface area contributed by atoms with Crippen LogP contribution in [-0.2, 0) is 4.79 Å². The standard InChI is InChI=1S/C15H21FN2O2/c1-8(2)14(17)12-7-10(16)6-11-13(18-9(3)19)4-5-20-15(11)12/h6-8,13-14H,4-5,17H2,1-3H3,(H,18,19). The number of rotatable bonds is 3. The van der Waals surface area contributed by atoms with E-state index in [-0.39, 0.29) is 29.7 Å². The maximum absolute atomic E-state index is 13.9. The highest BCUT2D eigenvalue weighted by Gasteiger charge is 2.28. The molecule has 0 saturated heterocycles. The first-order chi connectivity index (χ1) is 9.40. The predicted molar refractivity (Wildman–Crippen MR) is 74.8 cm³/mol. The maximum atomic E-state index is 13.9. The van der Waals surface area contributed by atoms with Crippen LogP contribution in [0.25, 0.3) is 0 Å². The molecule has 1 aromatic carbocycles. The van der Waals surface area contributed by atoms with E-state index in [9.17, 15) is 9.18 Å². The Balaban J connectivity index is 2.47. The zero-order valence-corrected chi connectivity index (χ0v) is 12.1. The van der Waals surface area contributed by atoms with Gasteiger partial charge in [0.1, 0.15) is 11.6 Å². The number of halogens is 1. The van der Waals surface area contributed by atoms with Crippen molar-refractivity contribution in [2.24, 2.45) is 11.7 Å². The molecule has 2 atom stereocenters. The van der Waals surface area contributed by atoms with Gasteiger partial charge in [0.15, 0.2) is 0 Å². The number of carbonyl (C=O) groups is 1. The third-order valence-electron chi connectivity index (χ3n) is 3.59. The van der Waals surface area contributed by atoms with Gasteiger partial charge in [-0.15, -0.1) is 0 Å². The van der Waals surface area contributed by atoms with Gasteiger partial charge >= 0.3 is 0 Å². The number of nitrogens with one attached hydrogen (secondary N) is 1. The number of hydrogen-bond acceptors (Lipinski definition) is 3. The van der Waals surface area contributed by atoms with Crippen LogP contribution in [-0.4, -0.2) is 12.5 Å². The monoisotopic (exact) mass is 280 g/mol. The van der Waals surface area contributed by atoms with Crippen molar-refractivity contribution in [1.82, 2.24) is 5.32 Å². The summed E-state index contributed by atoms with van der Waals surface area (Å²) in [6.07, 6.45) is 0.631. The minimum atomic E-state index is -0.351. The fourth-order valence-electron chi connectivity index (χ4n) is 2.50. The van der Waals surface area contributed by atoms with Crippen molar-refractivity contribution < 1.29 is 13.9 Å². The molecular formula is C15H21FN2O2. The Labute approximate surface area is 118 Å². The minimum Gasteiger partial charge on any atom is -0.493 e. The van der Waals surface area contributed by atoms with Gasteiger partial charge in [0.2, 0.25) is 5.91 Å². The number of hydrogen-bond donors (Lipinski definition) is 2. The van der Waals surface area contributed by atoms with Gasteiger partial charge in [0.05, 0.1) is 12.6 Å². The van der Waals surface area contributed by atoms with Crippen LogP contribution in [0.1, 0.15) is 50.4 Å². The maximum Gasteiger partial charge on any atom is 0.217 e. The summed E-state index contributed by atoms with van der Waals surface area (Å²) in [5, 5.41) is 2.83. The van der Waals surface area contributed by atoms with Crippen LogP contribution >= 0.6 is 0 Å². The van der Waals surface area contributed by atoms with Crippen LogP contribution < -0.4 is 15.8 Å². The number of carbonyl (C=O) groups excluding carboxylic acids is 1. The third-order valence-corrected chi connectivity index (χ3v) is 3.59. The Bertz CT molecular complexity index is 517. The zero-order chi connectivity index (χ0) is 14.9. The van der Waals surface area contributed by atoms with Crippen molar-refractivity contribution >= 4 is 5.91 Å². The Hall–Kier alpha value is -1.62. The molecule has 1 amide bonds. The summed E-state index contributed by atoms with van der Waals surface area (Å²) in [7, 11) is 0. The third kappa shape index (κ3) is 2.93. The lowest BCUT2D eigenvalue weighted by atomic mass is 9.90. The lowest BCUT2D eigenvalue weighted by Crippen LogP contribution is -2.31. The summed E-state index contributed by atoms with van der Waals surface area (Å²) < 4.78 is 19.6. The number of amides is 1. The first-order valence-electron chi connectivity index (χ1n) is 6.89. The van der Waals surface area contributed by atoms with Crippen molar-refractivity contribution in [2.45, 2.75) is 39.3 Å². The van der Waals surface area contributed by atoms with E-state index < -0.39 is 0 Å². The molecule has 0 radical (unpaired) electrons. The van der Waals surface area contributed by atoms with E-state index in [0.29, 0.717) is 29.9 Å². The van der Waals surface area contributed by atoms with E-state index in [1.54, 1.807) is 0 Å². The van der Waals surface area contributed by atoms with Gasteiger partial charge < -0.3 is 15.8 Å². The van der Waals surface area contributed by atoms with E-state index in [1.807, 2.05) is 13.8 Å². The normalized spacial score (nSPS) is 19.2. The quantitative estimate of drug-likeness (QED) is 0.893.